The Hall–Kier alpha value is -1.89. The fourth-order valence-electron chi connectivity index (χ4n) is 1.18. The van der Waals surface area contributed by atoms with Crippen molar-refractivity contribution in [2.75, 3.05) is 13.2 Å². The average molecular weight is 254 g/mol. The lowest BCUT2D eigenvalue weighted by Crippen LogP contribution is -2.45. The van der Waals surface area contributed by atoms with Crippen LogP contribution in [0.5, 0.6) is 11.5 Å². The number of phenols is 2. The first kappa shape index (κ1) is 14.2. The van der Waals surface area contributed by atoms with Gasteiger partial charge in [-0.3, -0.25) is 4.79 Å². The fraction of sp³-hybridized carbons (Fsp3) is 0.250. The third kappa shape index (κ3) is 3.07. The summed E-state index contributed by atoms with van der Waals surface area (Å²) in [7, 11) is 0. The zero-order valence-electron chi connectivity index (χ0n) is 9.45. The highest BCUT2D eigenvalue weighted by atomic mass is 16.4. The number of hydrogen-bond donors (Lipinski definition) is 5. The molecule has 0 heterocycles. The molecule has 0 bridgehead atoms. The summed E-state index contributed by atoms with van der Waals surface area (Å²) < 4.78 is 0. The Balaban J connectivity index is 2.87. The molecule has 6 heteroatoms. The molecular weight excluding hydrogens is 240 g/mol. The number of carbonyl (C=O) groups excluding carboxylic acids is 1. The third-order valence-electron chi connectivity index (χ3n) is 2.41. The molecule has 1 rings (SSSR count). The lowest BCUT2D eigenvalue weighted by Gasteiger charge is -2.19. The van der Waals surface area contributed by atoms with Crippen molar-refractivity contribution in [3.05, 3.63) is 29.8 Å². The van der Waals surface area contributed by atoms with Crippen LogP contribution in [0.2, 0.25) is 0 Å². The summed E-state index contributed by atoms with van der Waals surface area (Å²) >= 11 is 0. The number of phenolic OH excluding ortho intramolecular Hbond substituents is 2. The molecular formula is C12H14O6. The summed E-state index contributed by atoms with van der Waals surface area (Å²) in [4.78, 5) is 11.5. The van der Waals surface area contributed by atoms with E-state index in [1.165, 1.54) is 24.3 Å². The van der Waals surface area contributed by atoms with Gasteiger partial charge in [0.25, 0.3) is 0 Å². The fourth-order valence-corrected chi connectivity index (χ4v) is 1.18. The van der Waals surface area contributed by atoms with Gasteiger partial charge in [-0.05, 0) is 23.8 Å². The number of ketones is 1. The number of aromatic hydroxyl groups is 2. The van der Waals surface area contributed by atoms with Gasteiger partial charge >= 0.3 is 0 Å². The summed E-state index contributed by atoms with van der Waals surface area (Å²) in [6.07, 6.45) is 2.25. The molecule has 5 N–H and O–H groups in total. The molecule has 0 aliphatic carbocycles. The molecule has 0 amide bonds. The lowest BCUT2D eigenvalue weighted by molar-refractivity contribution is -0.141. The topological polar surface area (TPSA) is 118 Å². The smallest absolute Gasteiger partial charge is 0.191 e. The monoisotopic (exact) mass is 254 g/mol. The maximum atomic E-state index is 11.5. The number of carbonyl (C=O) groups is 1. The highest BCUT2D eigenvalue weighted by Gasteiger charge is 2.32. The molecule has 0 unspecified atom stereocenters. The van der Waals surface area contributed by atoms with E-state index < -0.39 is 24.6 Å². The Bertz CT molecular complexity index is 462. The predicted molar refractivity (Wildman–Crippen MR) is 62.9 cm³/mol. The largest absolute Gasteiger partial charge is 0.504 e. The van der Waals surface area contributed by atoms with Gasteiger partial charge < -0.3 is 25.5 Å². The van der Waals surface area contributed by atoms with Crippen molar-refractivity contribution >= 4 is 11.9 Å². The standard InChI is InChI=1S/C12H14O6/c13-6-12(18,7-14)11(17)4-2-8-1-3-9(15)10(16)5-8/h1-5,13-16,18H,6-7H2. The van der Waals surface area contributed by atoms with Crippen molar-refractivity contribution in [3.8, 4) is 11.5 Å². The molecule has 0 aliphatic heterocycles. The van der Waals surface area contributed by atoms with Gasteiger partial charge in [-0.1, -0.05) is 12.1 Å². The molecule has 0 atom stereocenters. The van der Waals surface area contributed by atoms with E-state index >= 15 is 0 Å². The minimum Gasteiger partial charge on any atom is -0.504 e. The number of aliphatic hydroxyl groups excluding tert-OH is 2. The molecule has 0 spiro atoms. The first-order valence-electron chi connectivity index (χ1n) is 5.11. The van der Waals surface area contributed by atoms with Crippen LogP contribution >= 0.6 is 0 Å². The molecule has 18 heavy (non-hydrogen) atoms. The normalized spacial score (nSPS) is 11.9. The van der Waals surface area contributed by atoms with E-state index in [9.17, 15) is 15.0 Å². The summed E-state index contributed by atoms with van der Waals surface area (Å²) in [5.74, 6) is -1.50. The van der Waals surface area contributed by atoms with E-state index in [2.05, 4.69) is 0 Å². The van der Waals surface area contributed by atoms with Crippen LogP contribution in [-0.4, -0.2) is 50.1 Å². The molecule has 0 fully saturated rings. The van der Waals surface area contributed by atoms with Crippen LogP contribution in [0.3, 0.4) is 0 Å². The molecule has 0 aliphatic rings. The molecule has 1 aromatic carbocycles. The minimum absolute atomic E-state index is 0.291. The summed E-state index contributed by atoms with van der Waals surface area (Å²) in [5.41, 5.74) is -1.80. The molecule has 0 radical (unpaired) electrons. The molecule has 0 saturated heterocycles. The Morgan fingerprint density at radius 2 is 1.78 bits per heavy atom. The van der Waals surface area contributed by atoms with Crippen molar-refractivity contribution < 1.29 is 30.3 Å². The molecule has 0 aromatic heterocycles. The number of rotatable bonds is 5. The summed E-state index contributed by atoms with van der Waals surface area (Å²) in [6.45, 7) is -1.79. The van der Waals surface area contributed by atoms with Crippen molar-refractivity contribution in [3.63, 3.8) is 0 Å². The number of aliphatic hydroxyl groups is 3. The predicted octanol–water partition coefficient (Wildman–Crippen LogP) is -0.604. The average Bonchev–Trinajstić information content (AvgIpc) is 2.38. The van der Waals surface area contributed by atoms with Gasteiger partial charge in [0.05, 0.1) is 13.2 Å². The van der Waals surface area contributed by atoms with Gasteiger partial charge in [-0.2, -0.15) is 0 Å². The van der Waals surface area contributed by atoms with Gasteiger partial charge in [-0.25, -0.2) is 0 Å². The van der Waals surface area contributed by atoms with Gasteiger partial charge in [-0.15, -0.1) is 0 Å². The Labute approximate surface area is 103 Å². The summed E-state index contributed by atoms with van der Waals surface area (Å²) in [5, 5.41) is 45.4. The first-order valence-corrected chi connectivity index (χ1v) is 5.11. The van der Waals surface area contributed by atoms with Crippen LogP contribution in [0.25, 0.3) is 6.08 Å². The number of hydrogen-bond acceptors (Lipinski definition) is 6. The maximum Gasteiger partial charge on any atom is 0.191 e. The van der Waals surface area contributed by atoms with Crippen LogP contribution in [0.1, 0.15) is 5.56 Å². The SMILES string of the molecule is O=C(C=Cc1ccc(O)c(O)c1)C(O)(CO)CO. The van der Waals surface area contributed by atoms with Crippen LogP contribution in [0, 0.1) is 0 Å². The maximum absolute atomic E-state index is 11.5. The third-order valence-corrected chi connectivity index (χ3v) is 2.41. The van der Waals surface area contributed by atoms with Gasteiger partial charge in [0, 0.05) is 0 Å². The minimum atomic E-state index is -2.21. The highest BCUT2D eigenvalue weighted by Crippen LogP contribution is 2.25. The molecule has 0 saturated carbocycles. The van der Waals surface area contributed by atoms with Crippen molar-refractivity contribution in [2.45, 2.75) is 5.60 Å². The molecule has 98 valence electrons. The second-order valence-electron chi connectivity index (χ2n) is 3.79. The zero-order valence-corrected chi connectivity index (χ0v) is 9.45. The van der Waals surface area contributed by atoms with E-state index in [1.54, 1.807) is 0 Å². The van der Waals surface area contributed by atoms with Crippen molar-refractivity contribution in [2.24, 2.45) is 0 Å². The van der Waals surface area contributed by atoms with Crippen LogP contribution in [0.4, 0.5) is 0 Å². The molecule has 1 aromatic rings. The van der Waals surface area contributed by atoms with E-state index in [0.29, 0.717) is 5.56 Å². The highest BCUT2D eigenvalue weighted by molar-refractivity contribution is 6.00. The lowest BCUT2D eigenvalue weighted by atomic mass is 9.99. The van der Waals surface area contributed by atoms with Crippen molar-refractivity contribution in [1.29, 1.82) is 0 Å². The Kier molecular flexibility index (Phi) is 4.43. The second-order valence-corrected chi connectivity index (χ2v) is 3.79. The van der Waals surface area contributed by atoms with E-state index in [1.807, 2.05) is 0 Å². The quantitative estimate of drug-likeness (QED) is 0.353. The van der Waals surface area contributed by atoms with Gasteiger partial charge in [0.15, 0.2) is 22.9 Å². The van der Waals surface area contributed by atoms with Crippen LogP contribution < -0.4 is 0 Å². The van der Waals surface area contributed by atoms with E-state index in [0.717, 1.165) is 6.08 Å². The van der Waals surface area contributed by atoms with E-state index in [-0.39, 0.29) is 11.5 Å². The van der Waals surface area contributed by atoms with Crippen molar-refractivity contribution in [1.82, 2.24) is 0 Å². The van der Waals surface area contributed by atoms with E-state index in [4.69, 9.17) is 15.3 Å². The summed E-state index contributed by atoms with van der Waals surface area (Å²) in [6, 6.07) is 3.90. The Morgan fingerprint density at radius 1 is 1.17 bits per heavy atom. The van der Waals surface area contributed by atoms with Gasteiger partial charge in [0.1, 0.15) is 0 Å². The molecule has 6 nitrogen and oxygen atoms in total. The second kappa shape index (κ2) is 5.63. The number of benzene rings is 1. The Morgan fingerprint density at radius 3 is 2.28 bits per heavy atom. The first-order chi connectivity index (χ1) is 8.42. The van der Waals surface area contributed by atoms with Crippen LogP contribution in [-0.2, 0) is 4.79 Å². The van der Waals surface area contributed by atoms with Gasteiger partial charge in [0.2, 0.25) is 0 Å². The zero-order chi connectivity index (χ0) is 13.8. The van der Waals surface area contributed by atoms with Crippen LogP contribution in [0.15, 0.2) is 24.3 Å².